The highest BCUT2D eigenvalue weighted by Crippen LogP contribution is 2.44. The van der Waals surface area contributed by atoms with Crippen molar-refractivity contribution in [1.29, 1.82) is 0 Å². The Morgan fingerprint density at radius 1 is 1.07 bits per heavy atom. The van der Waals surface area contributed by atoms with E-state index in [1.807, 2.05) is 0 Å². The van der Waals surface area contributed by atoms with E-state index in [-0.39, 0.29) is 6.42 Å². The fourth-order valence-corrected chi connectivity index (χ4v) is 2.19. The molecule has 88 valence electrons. The molecule has 0 aliphatic heterocycles. The van der Waals surface area contributed by atoms with Crippen LogP contribution in [-0.2, 0) is 0 Å². The highest BCUT2D eigenvalue weighted by atomic mass is 19.4. The van der Waals surface area contributed by atoms with Crippen LogP contribution in [0.25, 0.3) is 0 Å². The third-order valence-electron chi connectivity index (χ3n) is 3.28. The molecule has 1 nitrogen and oxygen atoms in total. The molecular weight excluding hydrogens is 203 g/mol. The van der Waals surface area contributed by atoms with Gasteiger partial charge in [0.15, 0.2) is 0 Å². The van der Waals surface area contributed by atoms with Crippen molar-refractivity contribution in [3.63, 3.8) is 0 Å². The van der Waals surface area contributed by atoms with Crippen LogP contribution in [0.4, 0.5) is 13.2 Å². The van der Waals surface area contributed by atoms with E-state index >= 15 is 0 Å². The van der Waals surface area contributed by atoms with E-state index in [1.165, 1.54) is 25.7 Å². The van der Waals surface area contributed by atoms with Gasteiger partial charge in [0, 0.05) is 12.5 Å². The Kier molecular flexibility index (Phi) is 3.24. The summed E-state index contributed by atoms with van der Waals surface area (Å²) < 4.78 is 35.7. The van der Waals surface area contributed by atoms with Gasteiger partial charge in [-0.15, -0.1) is 0 Å². The molecule has 0 bridgehead atoms. The third-order valence-corrected chi connectivity index (χ3v) is 3.28. The highest BCUT2D eigenvalue weighted by Gasteiger charge is 2.40. The summed E-state index contributed by atoms with van der Waals surface area (Å²) >= 11 is 0. The Hall–Kier alpha value is -0.250. The van der Waals surface area contributed by atoms with E-state index in [9.17, 15) is 13.2 Å². The van der Waals surface area contributed by atoms with Gasteiger partial charge in [-0.3, -0.25) is 0 Å². The molecule has 2 aliphatic carbocycles. The zero-order chi connectivity index (χ0) is 10.9. The van der Waals surface area contributed by atoms with Crippen LogP contribution in [0.5, 0.6) is 0 Å². The van der Waals surface area contributed by atoms with Crippen molar-refractivity contribution in [2.45, 2.75) is 50.7 Å². The summed E-state index contributed by atoms with van der Waals surface area (Å²) in [4.78, 5) is 0. The van der Waals surface area contributed by atoms with Gasteiger partial charge in [-0.05, 0) is 50.5 Å². The number of rotatable bonds is 6. The largest absolute Gasteiger partial charge is 0.389 e. The van der Waals surface area contributed by atoms with Crippen molar-refractivity contribution in [1.82, 2.24) is 5.32 Å². The molecule has 0 aromatic carbocycles. The molecule has 0 aromatic heterocycles. The maximum absolute atomic E-state index is 11.9. The van der Waals surface area contributed by atoms with E-state index in [0.717, 1.165) is 11.8 Å². The molecule has 2 fully saturated rings. The van der Waals surface area contributed by atoms with E-state index < -0.39 is 12.6 Å². The molecule has 2 saturated carbocycles. The highest BCUT2D eigenvalue weighted by molar-refractivity contribution is 4.96. The Morgan fingerprint density at radius 2 is 1.60 bits per heavy atom. The fourth-order valence-electron chi connectivity index (χ4n) is 2.19. The summed E-state index contributed by atoms with van der Waals surface area (Å²) in [5.41, 5.74) is 0. The quantitative estimate of drug-likeness (QED) is 0.679. The number of halogens is 3. The second-order valence-electron chi connectivity index (χ2n) is 4.87. The summed E-state index contributed by atoms with van der Waals surface area (Å²) in [6, 6.07) is 0.526. The number of alkyl halides is 3. The first-order valence-electron chi connectivity index (χ1n) is 5.86. The normalized spacial score (nSPS) is 22.4. The molecule has 15 heavy (non-hydrogen) atoms. The molecule has 2 aliphatic rings. The molecule has 0 spiro atoms. The predicted octanol–water partition coefficient (Wildman–Crippen LogP) is 3.11. The molecule has 0 atom stereocenters. The van der Waals surface area contributed by atoms with Crippen LogP contribution >= 0.6 is 0 Å². The van der Waals surface area contributed by atoms with Crippen LogP contribution in [0, 0.1) is 11.8 Å². The number of hydrogen-bond donors (Lipinski definition) is 1. The first-order valence-corrected chi connectivity index (χ1v) is 5.86. The van der Waals surface area contributed by atoms with Gasteiger partial charge in [-0.25, -0.2) is 0 Å². The zero-order valence-corrected chi connectivity index (χ0v) is 8.82. The van der Waals surface area contributed by atoms with Crippen LogP contribution in [0.3, 0.4) is 0 Å². The molecule has 0 aromatic rings. The van der Waals surface area contributed by atoms with Crippen LogP contribution in [-0.4, -0.2) is 18.8 Å². The second kappa shape index (κ2) is 4.32. The molecule has 0 radical (unpaired) electrons. The Bertz CT molecular complexity index is 194. The summed E-state index contributed by atoms with van der Waals surface area (Å²) in [6.45, 7) is 0.525. The van der Waals surface area contributed by atoms with Gasteiger partial charge in [-0.1, -0.05) is 0 Å². The zero-order valence-electron chi connectivity index (χ0n) is 8.82. The smallest absolute Gasteiger partial charge is 0.313 e. The Balaban J connectivity index is 1.59. The first-order chi connectivity index (χ1) is 7.06. The van der Waals surface area contributed by atoms with Gasteiger partial charge in [0.25, 0.3) is 0 Å². The van der Waals surface area contributed by atoms with Gasteiger partial charge in [0.1, 0.15) is 0 Å². The molecule has 0 unspecified atom stereocenters. The summed E-state index contributed by atoms with van der Waals surface area (Å²) in [6.07, 6.45) is 0.666. The maximum atomic E-state index is 11.9. The van der Waals surface area contributed by atoms with E-state index in [0.29, 0.717) is 12.6 Å². The minimum atomic E-state index is -3.99. The molecule has 0 amide bonds. The van der Waals surface area contributed by atoms with Crippen molar-refractivity contribution in [2.75, 3.05) is 6.54 Å². The summed E-state index contributed by atoms with van der Waals surface area (Å²) in [5.74, 6) is 1.53. The molecule has 4 heteroatoms. The minimum absolute atomic E-state index is 0.222. The van der Waals surface area contributed by atoms with Gasteiger partial charge in [-0.2, -0.15) is 13.2 Å². The van der Waals surface area contributed by atoms with Gasteiger partial charge in [0.05, 0.1) is 0 Å². The van der Waals surface area contributed by atoms with Crippen molar-refractivity contribution >= 4 is 0 Å². The van der Waals surface area contributed by atoms with Gasteiger partial charge < -0.3 is 5.32 Å². The summed E-state index contributed by atoms with van der Waals surface area (Å²) in [7, 11) is 0. The number of hydrogen-bond acceptors (Lipinski definition) is 1. The minimum Gasteiger partial charge on any atom is -0.313 e. The predicted molar refractivity (Wildman–Crippen MR) is 52.5 cm³/mol. The van der Waals surface area contributed by atoms with Crippen molar-refractivity contribution in [3.05, 3.63) is 0 Å². The molecule has 0 heterocycles. The van der Waals surface area contributed by atoms with Crippen molar-refractivity contribution in [2.24, 2.45) is 11.8 Å². The average Bonchev–Trinajstić information content (AvgIpc) is 2.98. The standard InChI is InChI=1S/C11H18F3N/c12-11(13,14)6-1-7-15-10(8-2-3-8)9-4-5-9/h8-10,15H,1-7H2. The average molecular weight is 221 g/mol. The fraction of sp³-hybridized carbons (Fsp3) is 1.00. The van der Waals surface area contributed by atoms with Crippen LogP contribution in [0.2, 0.25) is 0 Å². The SMILES string of the molecule is FC(F)(F)CCCNC(C1CC1)C1CC1. The van der Waals surface area contributed by atoms with E-state index in [2.05, 4.69) is 5.32 Å². The number of nitrogens with one attached hydrogen (secondary N) is 1. The molecule has 1 N–H and O–H groups in total. The van der Waals surface area contributed by atoms with Crippen LogP contribution in [0.1, 0.15) is 38.5 Å². The van der Waals surface area contributed by atoms with Crippen LogP contribution in [0.15, 0.2) is 0 Å². The maximum Gasteiger partial charge on any atom is 0.389 e. The molecule has 2 rings (SSSR count). The lowest BCUT2D eigenvalue weighted by Gasteiger charge is -2.17. The topological polar surface area (TPSA) is 12.0 Å². The molecule has 0 saturated heterocycles. The first kappa shape index (κ1) is 11.2. The van der Waals surface area contributed by atoms with E-state index in [4.69, 9.17) is 0 Å². The Labute approximate surface area is 88.4 Å². The summed E-state index contributed by atoms with van der Waals surface area (Å²) in [5, 5.41) is 3.32. The molecular formula is C11H18F3N. The monoisotopic (exact) mass is 221 g/mol. The van der Waals surface area contributed by atoms with Gasteiger partial charge in [0.2, 0.25) is 0 Å². The van der Waals surface area contributed by atoms with Crippen molar-refractivity contribution < 1.29 is 13.2 Å². The van der Waals surface area contributed by atoms with Crippen molar-refractivity contribution in [3.8, 4) is 0 Å². The second-order valence-corrected chi connectivity index (χ2v) is 4.87. The van der Waals surface area contributed by atoms with Crippen LogP contribution < -0.4 is 5.32 Å². The van der Waals surface area contributed by atoms with E-state index in [1.54, 1.807) is 0 Å². The lowest BCUT2D eigenvalue weighted by Crippen LogP contribution is -2.34. The Morgan fingerprint density at radius 3 is 2.00 bits per heavy atom. The lowest BCUT2D eigenvalue weighted by molar-refractivity contribution is -0.135. The lowest BCUT2D eigenvalue weighted by atomic mass is 10.1. The van der Waals surface area contributed by atoms with Gasteiger partial charge >= 0.3 is 6.18 Å². The third kappa shape index (κ3) is 4.01.